The highest BCUT2D eigenvalue weighted by molar-refractivity contribution is 7.49. The van der Waals surface area contributed by atoms with Crippen LogP contribution in [0, 0.1) is 0 Å². The molecule has 0 aliphatic rings. The van der Waals surface area contributed by atoms with Crippen molar-refractivity contribution in [3.63, 3.8) is 0 Å². The normalized spacial score (nSPS) is 13.2. The predicted octanol–water partition coefficient (Wildman–Crippen LogP) is -0.490. The Bertz CT molecular complexity index is 12.4. The molecule has 0 saturated heterocycles. The van der Waals surface area contributed by atoms with Crippen molar-refractivity contribution in [1.29, 1.82) is 0 Å². The molecule has 0 amide bonds. The predicted molar refractivity (Wildman–Crippen MR) is 28.1 cm³/mol. The first-order chi connectivity index (χ1) is 2.41. The molecular weight excluding hydrogens is 104 g/mol. The van der Waals surface area contributed by atoms with E-state index in [0.29, 0.717) is 17.8 Å². The molecule has 5 N–H and O–H groups in total. The Morgan fingerprint density at radius 2 is 1.60 bits per heavy atom. The Balaban J connectivity index is 2.19. The van der Waals surface area contributed by atoms with Crippen LogP contribution in [0.5, 0.6) is 0 Å². The molecule has 0 aliphatic heterocycles. The van der Waals surface area contributed by atoms with E-state index >= 15 is 0 Å². The maximum absolute atomic E-state index is 4.98. The summed E-state index contributed by atoms with van der Waals surface area (Å²) in [5.74, 6) is 0. The van der Waals surface area contributed by atoms with E-state index in [1.807, 2.05) is 0 Å². The third-order valence-corrected chi connectivity index (χ3v) is 1.30. The Hall–Kier alpha value is 0.740. The summed E-state index contributed by atoms with van der Waals surface area (Å²) < 4.78 is 0. The van der Waals surface area contributed by atoms with Gasteiger partial charge < -0.3 is 0 Å². The van der Waals surface area contributed by atoms with Gasteiger partial charge in [-0.2, -0.15) is 0 Å². The lowest BCUT2D eigenvalue weighted by atomic mass is 13.8. The summed E-state index contributed by atoms with van der Waals surface area (Å²) >= 11 is 0. The maximum Gasteiger partial charge on any atom is 0.0200 e. The van der Waals surface area contributed by atoms with Crippen LogP contribution in [-0.4, -0.2) is 0 Å². The summed E-state index contributed by atoms with van der Waals surface area (Å²) in [6.07, 6.45) is 0. The summed E-state index contributed by atoms with van der Waals surface area (Å²) in [4.78, 5) is 2.72. The minimum atomic E-state index is 0.295. The largest absolute Gasteiger partial charge is 0.300 e. The van der Waals surface area contributed by atoms with E-state index in [1.54, 1.807) is 0 Å². The fourth-order valence-electron chi connectivity index (χ4n) is 0.0417. The van der Waals surface area contributed by atoms with E-state index in [-0.39, 0.29) is 0 Å². The number of hydrogen-bond acceptors (Lipinski definition) is 3. The van der Waals surface area contributed by atoms with E-state index in [1.165, 1.54) is 0 Å². The van der Waals surface area contributed by atoms with Crippen molar-refractivity contribution >= 4 is 17.8 Å². The Labute approximate surface area is 34.7 Å². The van der Waals surface area contributed by atoms with Crippen molar-refractivity contribution in [1.82, 2.24) is 4.86 Å². The van der Waals surface area contributed by atoms with Gasteiger partial charge in [0.05, 0.1) is 0 Å². The molecule has 0 bridgehead atoms. The fourth-order valence-corrected chi connectivity index (χ4v) is 0.375. The van der Waals surface area contributed by atoms with Crippen molar-refractivity contribution in [2.24, 2.45) is 11.0 Å². The molecule has 0 aliphatic carbocycles. The minimum Gasteiger partial charge on any atom is -0.300 e. The van der Waals surface area contributed by atoms with Crippen molar-refractivity contribution in [3.05, 3.63) is 0 Å². The fraction of sp³-hybridized carbons (Fsp3) is 0. The molecular formula is H7N3P2. The molecule has 0 fully saturated rings. The number of nitrogens with two attached hydrogens (primary N) is 2. The standard InChI is InChI=1S/H7N3P2/c1-4-3-5-2/h3-5H,1-2H2. The average molecular weight is 111 g/mol. The van der Waals surface area contributed by atoms with E-state index in [4.69, 9.17) is 11.0 Å². The first kappa shape index (κ1) is 5.74. The highest BCUT2D eigenvalue weighted by atomic mass is 31.2. The summed E-state index contributed by atoms with van der Waals surface area (Å²) in [7, 11) is 0.590. The van der Waals surface area contributed by atoms with Gasteiger partial charge in [0.25, 0.3) is 0 Å². The number of rotatable bonds is 2. The molecule has 0 spiro atoms. The van der Waals surface area contributed by atoms with Gasteiger partial charge in [-0.15, -0.1) is 0 Å². The van der Waals surface area contributed by atoms with Gasteiger partial charge in [0.15, 0.2) is 0 Å². The van der Waals surface area contributed by atoms with Crippen molar-refractivity contribution < 1.29 is 0 Å². The average Bonchev–Trinajstić information content (AvgIpc) is 1.41. The SMILES string of the molecule is NPNPN. The van der Waals surface area contributed by atoms with Crippen molar-refractivity contribution in [3.8, 4) is 0 Å². The van der Waals surface area contributed by atoms with Gasteiger partial charge in [-0.1, -0.05) is 0 Å². The third-order valence-electron chi connectivity index (χ3n) is 0.144. The van der Waals surface area contributed by atoms with Crippen LogP contribution in [0.4, 0.5) is 0 Å². The van der Waals surface area contributed by atoms with Gasteiger partial charge in [-0.05, 0) is 0 Å². The smallest absolute Gasteiger partial charge is 0.0200 e. The lowest BCUT2D eigenvalue weighted by molar-refractivity contribution is 1.63. The Morgan fingerprint density at radius 3 is 1.60 bits per heavy atom. The highest BCUT2D eigenvalue weighted by Gasteiger charge is 1.62. The Morgan fingerprint density at radius 1 is 1.20 bits per heavy atom. The topological polar surface area (TPSA) is 64.1 Å². The van der Waals surface area contributed by atoms with Crippen LogP contribution in [0.1, 0.15) is 0 Å². The molecule has 3 nitrogen and oxygen atoms in total. The summed E-state index contributed by atoms with van der Waals surface area (Å²) in [6.45, 7) is 0. The molecule has 0 radical (unpaired) electrons. The molecule has 2 atom stereocenters. The summed E-state index contributed by atoms with van der Waals surface area (Å²) in [5.41, 5.74) is 9.97. The van der Waals surface area contributed by atoms with Gasteiger partial charge in [0.1, 0.15) is 0 Å². The van der Waals surface area contributed by atoms with Crippen molar-refractivity contribution in [2.45, 2.75) is 0 Å². The zero-order valence-electron chi connectivity index (χ0n) is 2.65. The molecule has 2 unspecified atom stereocenters. The van der Waals surface area contributed by atoms with E-state index in [2.05, 4.69) is 4.86 Å². The van der Waals surface area contributed by atoms with Crippen LogP contribution in [0.25, 0.3) is 0 Å². The van der Waals surface area contributed by atoms with Crippen LogP contribution in [0.2, 0.25) is 0 Å². The molecule has 0 aromatic rings. The van der Waals surface area contributed by atoms with Crippen molar-refractivity contribution in [2.75, 3.05) is 0 Å². The van der Waals surface area contributed by atoms with E-state index in [9.17, 15) is 0 Å². The molecule has 0 aromatic carbocycles. The summed E-state index contributed by atoms with van der Waals surface area (Å²) in [6, 6.07) is 0. The first-order valence-electron chi connectivity index (χ1n) is 1.08. The van der Waals surface area contributed by atoms with Gasteiger partial charge in [-0.25, -0.2) is 0 Å². The molecule has 0 heterocycles. The summed E-state index contributed by atoms with van der Waals surface area (Å²) in [5, 5.41) is 0. The van der Waals surface area contributed by atoms with Crippen LogP contribution in [0.3, 0.4) is 0 Å². The van der Waals surface area contributed by atoms with Gasteiger partial charge in [0, 0.05) is 17.8 Å². The van der Waals surface area contributed by atoms with Crippen LogP contribution in [0.15, 0.2) is 0 Å². The number of hydrogen-bond donors (Lipinski definition) is 3. The first-order valence-corrected chi connectivity index (χ1v) is 3.23. The zero-order valence-corrected chi connectivity index (χ0v) is 4.65. The minimum absolute atomic E-state index is 0.295. The molecule has 0 saturated carbocycles. The maximum atomic E-state index is 4.98. The van der Waals surface area contributed by atoms with Crippen LogP contribution < -0.4 is 15.9 Å². The second kappa shape index (κ2) is 4.74. The second-order valence-corrected chi connectivity index (χ2v) is 1.99. The van der Waals surface area contributed by atoms with Gasteiger partial charge in [-0.3, -0.25) is 15.9 Å². The number of nitrogens with one attached hydrogen (secondary N) is 1. The molecule has 0 aromatic heterocycles. The third kappa shape index (κ3) is 4.74. The highest BCUT2D eigenvalue weighted by Crippen LogP contribution is 1.95. The molecule has 0 rings (SSSR count). The van der Waals surface area contributed by atoms with Gasteiger partial charge >= 0.3 is 0 Å². The Kier molecular flexibility index (Phi) is 5.44. The second-order valence-electron chi connectivity index (χ2n) is 0.414. The van der Waals surface area contributed by atoms with E-state index in [0.717, 1.165) is 0 Å². The quantitative estimate of drug-likeness (QED) is 0.421. The van der Waals surface area contributed by atoms with Gasteiger partial charge in [0.2, 0.25) is 0 Å². The molecule has 5 heavy (non-hydrogen) atoms. The lowest BCUT2D eigenvalue weighted by Gasteiger charge is -1.86. The van der Waals surface area contributed by atoms with Crippen LogP contribution in [-0.2, 0) is 0 Å². The van der Waals surface area contributed by atoms with Crippen LogP contribution >= 0.6 is 17.8 Å². The van der Waals surface area contributed by atoms with E-state index < -0.39 is 0 Å². The molecule has 32 valence electrons. The monoisotopic (exact) mass is 111 g/mol. The lowest BCUT2D eigenvalue weighted by Crippen LogP contribution is -1.91. The molecule has 5 heteroatoms. The zero-order chi connectivity index (χ0) is 4.12.